The van der Waals surface area contributed by atoms with E-state index in [-0.39, 0.29) is 12.5 Å². The fourth-order valence-corrected chi connectivity index (χ4v) is 2.21. The lowest BCUT2D eigenvalue weighted by Gasteiger charge is -2.09. The number of aromatic nitrogens is 2. The summed E-state index contributed by atoms with van der Waals surface area (Å²) in [6, 6.07) is 7.17. The van der Waals surface area contributed by atoms with E-state index in [2.05, 4.69) is 26.2 Å². The van der Waals surface area contributed by atoms with Gasteiger partial charge in [0.15, 0.2) is 0 Å². The Morgan fingerprint density at radius 3 is 2.71 bits per heavy atom. The summed E-state index contributed by atoms with van der Waals surface area (Å²) >= 11 is 3.33. The molecule has 1 amide bonds. The summed E-state index contributed by atoms with van der Waals surface area (Å²) in [6.45, 7) is 1.64. The second-order valence-corrected chi connectivity index (χ2v) is 5.28. The van der Waals surface area contributed by atoms with Gasteiger partial charge in [-0.25, -0.2) is 4.79 Å². The van der Waals surface area contributed by atoms with Crippen molar-refractivity contribution in [1.82, 2.24) is 9.55 Å². The average molecular weight is 352 g/mol. The zero-order valence-corrected chi connectivity index (χ0v) is 12.9. The number of benzene rings is 1. The third-order valence-electron chi connectivity index (χ3n) is 2.93. The maximum absolute atomic E-state index is 12.0. The number of hydrogen-bond acceptors (Lipinski definition) is 3. The van der Waals surface area contributed by atoms with Crippen LogP contribution in [0.25, 0.3) is 0 Å². The van der Waals surface area contributed by atoms with Crippen LogP contribution in [-0.4, -0.2) is 15.5 Å². The van der Waals surface area contributed by atoms with Gasteiger partial charge in [-0.3, -0.25) is 19.1 Å². The molecule has 2 aromatic rings. The van der Waals surface area contributed by atoms with Crippen LogP contribution in [0.1, 0.15) is 12.5 Å². The predicted octanol–water partition coefficient (Wildman–Crippen LogP) is 1.50. The number of nitrogens with one attached hydrogen (secondary N) is 2. The lowest BCUT2D eigenvalue weighted by atomic mass is 10.2. The lowest BCUT2D eigenvalue weighted by Crippen LogP contribution is -2.34. The molecule has 0 spiro atoms. The van der Waals surface area contributed by atoms with E-state index < -0.39 is 11.2 Å². The monoisotopic (exact) mass is 351 g/mol. The standard InChI is InChI=1S/C14H14BrN3O3/c1-2-9-7-18(14(21)17-13(9)20)8-12(19)16-11-6-4-3-5-10(11)15/h3-7H,2,8H2,1H3,(H,16,19)(H,17,20,21). The smallest absolute Gasteiger partial charge is 0.324 e. The van der Waals surface area contributed by atoms with E-state index >= 15 is 0 Å². The van der Waals surface area contributed by atoms with Crippen molar-refractivity contribution in [2.24, 2.45) is 0 Å². The molecule has 0 fully saturated rings. The Balaban J connectivity index is 2.19. The van der Waals surface area contributed by atoms with Gasteiger partial charge in [0.2, 0.25) is 5.91 Å². The zero-order chi connectivity index (χ0) is 15.4. The van der Waals surface area contributed by atoms with Gasteiger partial charge >= 0.3 is 5.69 Å². The first kappa shape index (κ1) is 15.2. The molecule has 0 unspecified atom stereocenters. The molecule has 0 atom stereocenters. The summed E-state index contributed by atoms with van der Waals surface area (Å²) in [5.74, 6) is -0.349. The van der Waals surface area contributed by atoms with Crippen LogP contribution in [0.4, 0.5) is 5.69 Å². The number of aromatic amines is 1. The number of hydrogen-bond donors (Lipinski definition) is 2. The number of aryl methyl sites for hydroxylation is 1. The van der Waals surface area contributed by atoms with Gasteiger partial charge in [0.1, 0.15) is 6.54 Å². The summed E-state index contributed by atoms with van der Waals surface area (Å²) in [6.07, 6.45) is 1.91. The van der Waals surface area contributed by atoms with Crippen molar-refractivity contribution >= 4 is 27.5 Å². The van der Waals surface area contributed by atoms with Crippen LogP contribution in [0, 0.1) is 0 Å². The molecule has 1 aromatic heterocycles. The molecule has 0 saturated carbocycles. The first-order valence-corrected chi connectivity index (χ1v) is 7.17. The van der Waals surface area contributed by atoms with E-state index in [4.69, 9.17) is 0 Å². The Bertz CT molecular complexity index is 780. The van der Waals surface area contributed by atoms with Crippen LogP contribution in [0.5, 0.6) is 0 Å². The lowest BCUT2D eigenvalue weighted by molar-refractivity contribution is -0.116. The van der Waals surface area contributed by atoms with Crippen LogP contribution < -0.4 is 16.6 Å². The largest absolute Gasteiger partial charge is 0.328 e. The molecule has 110 valence electrons. The van der Waals surface area contributed by atoms with E-state index in [9.17, 15) is 14.4 Å². The van der Waals surface area contributed by atoms with Crippen molar-refractivity contribution in [3.05, 3.63) is 61.3 Å². The van der Waals surface area contributed by atoms with Crippen LogP contribution in [0.2, 0.25) is 0 Å². The molecule has 2 N–H and O–H groups in total. The minimum absolute atomic E-state index is 0.163. The first-order chi connectivity index (χ1) is 10.0. The fourth-order valence-electron chi connectivity index (χ4n) is 1.83. The van der Waals surface area contributed by atoms with Crippen LogP contribution in [-0.2, 0) is 17.8 Å². The van der Waals surface area contributed by atoms with Crippen molar-refractivity contribution in [2.45, 2.75) is 19.9 Å². The number of halogens is 1. The molecule has 0 aliphatic heterocycles. The van der Waals surface area contributed by atoms with Gasteiger partial charge in [-0.15, -0.1) is 0 Å². The first-order valence-electron chi connectivity index (χ1n) is 6.38. The zero-order valence-electron chi connectivity index (χ0n) is 11.4. The number of para-hydroxylation sites is 1. The van der Waals surface area contributed by atoms with Crippen molar-refractivity contribution in [1.29, 1.82) is 0 Å². The maximum atomic E-state index is 12.0. The molecule has 2 rings (SSSR count). The quantitative estimate of drug-likeness (QED) is 0.875. The topological polar surface area (TPSA) is 84.0 Å². The van der Waals surface area contributed by atoms with E-state index in [1.807, 2.05) is 6.07 Å². The number of carbonyl (C=O) groups is 1. The van der Waals surface area contributed by atoms with Crippen LogP contribution >= 0.6 is 15.9 Å². The molecule has 1 heterocycles. The third kappa shape index (κ3) is 3.69. The molecule has 0 aliphatic carbocycles. The normalized spacial score (nSPS) is 10.4. The molecular weight excluding hydrogens is 338 g/mol. The van der Waals surface area contributed by atoms with Gasteiger partial charge < -0.3 is 5.32 Å². The highest BCUT2D eigenvalue weighted by atomic mass is 79.9. The Hall–Kier alpha value is -2.15. The number of H-pyrrole nitrogens is 1. The second kappa shape index (κ2) is 6.53. The average Bonchev–Trinajstić information content (AvgIpc) is 2.44. The third-order valence-corrected chi connectivity index (χ3v) is 3.62. The molecule has 6 nitrogen and oxygen atoms in total. The molecule has 0 aliphatic rings. The van der Waals surface area contributed by atoms with Crippen LogP contribution in [0.3, 0.4) is 0 Å². The molecule has 1 aromatic carbocycles. The number of amides is 1. The van der Waals surface area contributed by atoms with E-state index in [1.165, 1.54) is 10.8 Å². The maximum Gasteiger partial charge on any atom is 0.328 e. The summed E-state index contributed by atoms with van der Waals surface area (Å²) < 4.78 is 1.94. The summed E-state index contributed by atoms with van der Waals surface area (Å²) in [7, 11) is 0. The minimum Gasteiger partial charge on any atom is -0.324 e. The Morgan fingerprint density at radius 2 is 2.05 bits per heavy atom. The van der Waals surface area contributed by atoms with Gasteiger partial charge in [0.25, 0.3) is 5.56 Å². The van der Waals surface area contributed by atoms with Crippen molar-refractivity contribution < 1.29 is 4.79 Å². The number of anilines is 1. The predicted molar refractivity (Wildman–Crippen MR) is 83.5 cm³/mol. The van der Waals surface area contributed by atoms with Gasteiger partial charge in [-0.05, 0) is 34.5 Å². The Labute approximate surface area is 128 Å². The van der Waals surface area contributed by atoms with E-state index in [0.717, 1.165) is 4.47 Å². The fraction of sp³-hybridized carbons (Fsp3) is 0.214. The highest BCUT2D eigenvalue weighted by Gasteiger charge is 2.09. The van der Waals surface area contributed by atoms with Crippen molar-refractivity contribution in [3.63, 3.8) is 0 Å². The van der Waals surface area contributed by atoms with Crippen LogP contribution in [0.15, 0.2) is 44.5 Å². The highest BCUT2D eigenvalue weighted by molar-refractivity contribution is 9.10. The summed E-state index contributed by atoms with van der Waals surface area (Å²) in [5.41, 5.74) is 0.0726. The van der Waals surface area contributed by atoms with Crippen molar-refractivity contribution in [3.8, 4) is 0 Å². The molecule has 7 heteroatoms. The number of nitrogens with zero attached hydrogens (tertiary/aromatic N) is 1. The Morgan fingerprint density at radius 1 is 1.33 bits per heavy atom. The Kier molecular flexibility index (Phi) is 4.74. The second-order valence-electron chi connectivity index (χ2n) is 4.42. The van der Waals surface area contributed by atoms with E-state index in [0.29, 0.717) is 17.7 Å². The van der Waals surface area contributed by atoms with Crippen molar-refractivity contribution in [2.75, 3.05) is 5.32 Å². The minimum atomic E-state index is -0.598. The van der Waals surface area contributed by atoms with Gasteiger partial charge in [-0.1, -0.05) is 19.1 Å². The summed E-state index contributed by atoms with van der Waals surface area (Å²) in [4.78, 5) is 37.3. The molecule has 0 saturated heterocycles. The van der Waals surface area contributed by atoms with Gasteiger partial charge in [0, 0.05) is 16.2 Å². The highest BCUT2D eigenvalue weighted by Crippen LogP contribution is 2.20. The SMILES string of the molecule is CCc1cn(CC(=O)Nc2ccccc2Br)c(=O)[nH]c1=O. The summed E-state index contributed by atoms with van der Waals surface area (Å²) in [5, 5.41) is 2.70. The van der Waals surface area contributed by atoms with E-state index in [1.54, 1.807) is 25.1 Å². The van der Waals surface area contributed by atoms with Gasteiger partial charge in [0.05, 0.1) is 5.69 Å². The molecule has 21 heavy (non-hydrogen) atoms. The van der Waals surface area contributed by atoms with Gasteiger partial charge in [-0.2, -0.15) is 0 Å². The number of rotatable bonds is 4. The number of carbonyl (C=O) groups excluding carboxylic acids is 1. The molecule has 0 bridgehead atoms. The molecule has 0 radical (unpaired) electrons. The molecular formula is C14H14BrN3O3.